The maximum absolute atomic E-state index is 12.4. The van der Waals surface area contributed by atoms with Gasteiger partial charge in [0.1, 0.15) is 0 Å². The van der Waals surface area contributed by atoms with Gasteiger partial charge in [-0.1, -0.05) is 13.8 Å². The number of carbonyl (C=O) groups is 1. The van der Waals surface area contributed by atoms with Crippen molar-refractivity contribution in [2.75, 3.05) is 19.6 Å². The van der Waals surface area contributed by atoms with Crippen LogP contribution in [0.15, 0.2) is 0 Å². The van der Waals surface area contributed by atoms with E-state index < -0.39 is 0 Å². The lowest BCUT2D eigenvalue weighted by Crippen LogP contribution is -2.48. The molecule has 1 aliphatic carbocycles. The van der Waals surface area contributed by atoms with Gasteiger partial charge in [0, 0.05) is 31.1 Å². The first-order chi connectivity index (χ1) is 9.60. The van der Waals surface area contributed by atoms with Gasteiger partial charge in [-0.3, -0.25) is 4.79 Å². The quantitative estimate of drug-likeness (QED) is 0.825. The molecule has 4 heteroatoms. The van der Waals surface area contributed by atoms with Crippen LogP contribution in [0.4, 0.5) is 0 Å². The summed E-state index contributed by atoms with van der Waals surface area (Å²) in [5, 5.41) is 3.29. The molecule has 4 nitrogen and oxygen atoms in total. The molecule has 1 heterocycles. The van der Waals surface area contributed by atoms with Gasteiger partial charge in [0.25, 0.3) is 0 Å². The Bertz CT molecular complexity index is 313. The lowest BCUT2D eigenvalue weighted by atomic mass is 9.77. The number of rotatable bonds is 4. The molecule has 20 heavy (non-hydrogen) atoms. The molecular formula is C16H31N3O. The van der Waals surface area contributed by atoms with Gasteiger partial charge in [-0.25, -0.2) is 0 Å². The standard InChI is InChI=1S/C16H31N3O/c1-3-8-19-9-6-14(7-10-19)18-16(20)15-5-4-13(17)11-12(15)2/h12-15H,3-11,17H2,1-2H3,(H,18,20). The Balaban J connectivity index is 1.75. The molecule has 1 amide bonds. The Morgan fingerprint density at radius 3 is 2.55 bits per heavy atom. The average Bonchev–Trinajstić information content (AvgIpc) is 2.41. The van der Waals surface area contributed by atoms with Crippen molar-refractivity contribution in [2.24, 2.45) is 17.6 Å². The normalized spacial score (nSPS) is 33.0. The number of nitrogens with two attached hydrogens (primary N) is 1. The maximum Gasteiger partial charge on any atom is 0.223 e. The lowest BCUT2D eigenvalue weighted by Gasteiger charge is -2.35. The number of hydrogen-bond donors (Lipinski definition) is 2. The minimum Gasteiger partial charge on any atom is -0.353 e. The van der Waals surface area contributed by atoms with Crippen molar-refractivity contribution in [2.45, 2.75) is 64.5 Å². The van der Waals surface area contributed by atoms with Crippen LogP contribution < -0.4 is 11.1 Å². The first-order valence-electron chi connectivity index (χ1n) is 8.38. The number of likely N-dealkylation sites (tertiary alicyclic amines) is 1. The fourth-order valence-electron chi connectivity index (χ4n) is 3.75. The van der Waals surface area contributed by atoms with Gasteiger partial charge >= 0.3 is 0 Å². The van der Waals surface area contributed by atoms with Crippen LogP contribution in [0.1, 0.15) is 52.4 Å². The fourth-order valence-corrected chi connectivity index (χ4v) is 3.75. The summed E-state index contributed by atoms with van der Waals surface area (Å²) in [4.78, 5) is 14.9. The molecule has 3 unspecified atom stereocenters. The van der Waals surface area contributed by atoms with Crippen LogP contribution >= 0.6 is 0 Å². The number of carbonyl (C=O) groups excluding carboxylic acids is 1. The maximum atomic E-state index is 12.4. The SMILES string of the molecule is CCCN1CCC(NC(=O)C2CCC(N)CC2C)CC1. The van der Waals surface area contributed by atoms with Crippen molar-refractivity contribution in [1.29, 1.82) is 0 Å². The van der Waals surface area contributed by atoms with E-state index in [9.17, 15) is 4.79 Å². The number of nitrogens with one attached hydrogen (secondary N) is 1. The molecule has 116 valence electrons. The molecule has 0 spiro atoms. The van der Waals surface area contributed by atoms with Crippen LogP contribution in [-0.2, 0) is 4.79 Å². The summed E-state index contributed by atoms with van der Waals surface area (Å²) in [6.45, 7) is 7.85. The van der Waals surface area contributed by atoms with Crippen molar-refractivity contribution in [1.82, 2.24) is 10.2 Å². The molecule has 1 saturated heterocycles. The second-order valence-corrected chi connectivity index (χ2v) is 6.78. The van der Waals surface area contributed by atoms with E-state index in [1.165, 1.54) is 13.0 Å². The predicted octanol–water partition coefficient (Wildman–Crippen LogP) is 1.74. The molecule has 0 radical (unpaired) electrons. The Morgan fingerprint density at radius 1 is 1.25 bits per heavy atom. The number of nitrogens with zero attached hydrogens (tertiary/aromatic N) is 1. The minimum absolute atomic E-state index is 0.184. The van der Waals surface area contributed by atoms with E-state index in [4.69, 9.17) is 5.73 Å². The summed E-state index contributed by atoms with van der Waals surface area (Å²) < 4.78 is 0. The molecule has 0 aromatic rings. The topological polar surface area (TPSA) is 58.4 Å². The summed E-state index contributed by atoms with van der Waals surface area (Å²) in [6, 6.07) is 0.685. The molecule has 1 saturated carbocycles. The monoisotopic (exact) mass is 281 g/mol. The highest BCUT2D eigenvalue weighted by molar-refractivity contribution is 5.79. The Labute approximate surface area is 123 Å². The van der Waals surface area contributed by atoms with Gasteiger partial charge in [0.15, 0.2) is 0 Å². The number of piperidine rings is 1. The Hall–Kier alpha value is -0.610. The molecule has 3 atom stereocenters. The van der Waals surface area contributed by atoms with Gasteiger partial charge < -0.3 is 16.0 Å². The van der Waals surface area contributed by atoms with Crippen molar-refractivity contribution in [3.05, 3.63) is 0 Å². The fraction of sp³-hybridized carbons (Fsp3) is 0.938. The number of amides is 1. The van der Waals surface area contributed by atoms with Crippen molar-refractivity contribution in [3.8, 4) is 0 Å². The molecule has 2 fully saturated rings. The smallest absolute Gasteiger partial charge is 0.223 e. The largest absolute Gasteiger partial charge is 0.353 e. The predicted molar refractivity (Wildman–Crippen MR) is 82.4 cm³/mol. The third-order valence-electron chi connectivity index (χ3n) is 5.02. The van der Waals surface area contributed by atoms with E-state index in [0.29, 0.717) is 18.0 Å². The van der Waals surface area contributed by atoms with E-state index in [1.54, 1.807) is 0 Å². The van der Waals surface area contributed by atoms with Gasteiger partial charge in [-0.2, -0.15) is 0 Å². The first-order valence-corrected chi connectivity index (χ1v) is 8.38. The highest BCUT2D eigenvalue weighted by Crippen LogP contribution is 2.29. The molecule has 2 rings (SSSR count). The average molecular weight is 281 g/mol. The van der Waals surface area contributed by atoms with Gasteiger partial charge in [-0.15, -0.1) is 0 Å². The van der Waals surface area contributed by atoms with Crippen LogP contribution in [0.2, 0.25) is 0 Å². The van der Waals surface area contributed by atoms with E-state index in [0.717, 1.165) is 45.2 Å². The minimum atomic E-state index is 0.184. The summed E-state index contributed by atoms with van der Waals surface area (Å²) in [5.74, 6) is 0.890. The molecule has 0 aromatic heterocycles. The van der Waals surface area contributed by atoms with Gasteiger partial charge in [0.05, 0.1) is 0 Å². The highest BCUT2D eigenvalue weighted by Gasteiger charge is 2.32. The second kappa shape index (κ2) is 7.41. The summed E-state index contributed by atoms with van der Waals surface area (Å²) >= 11 is 0. The third-order valence-corrected chi connectivity index (χ3v) is 5.02. The molecule has 1 aliphatic heterocycles. The number of hydrogen-bond acceptors (Lipinski definition) is 3. The van der Waals surface area contributed by atoms with E-state index in [2.05, 4.69) is 24.1 Å². The van der Waals surface area contributed by atoms with Crippen LogP contribution in [0, 0.1) is 11.8 Å². The van der Waals surface area contributed by atoms with Crippen LogP contribution in [0.3, 0.4) is 0 Å². The van der Waals surface area contributed by atoms with E-state index >= 15 is 0 Å². The zero-order chi connectivity index (χ0) is 14.5. The van der Waals surface area contributed by atoms with Gasteiger partial charge in [0.2, 0.25) is 5.91 Å². The summed E-state index contributed by atoms with van der Waals surface area (Å²) in [6.07, 6.45) is 6.38. The molecule has 0 bridgehead atoms. The third kappa shape index (κ3) is 4.19. The zero-order valence-electron chi connectivity index (χ0n) is 13.1. The van der Waals surface area contributed by atoms with Crippen molar-refractivity contribution in [3.63, 3.8) is 0 Å². The molecule has 2 aliphatic rings. The van der Waals surface area contributed by atoms with Crippen LogP contribution in [0.25, 0.3) is 0 Å². The summed E-state index contributed by atoms with van der Waals surface area (Å²) in [5.41, 5.74) is 5.98. The second-order valence-electron chi connectivity index (χ2n) is 6.78. The van der Waals surface area contributed by atoms with Gasteiger partial charge in [-0.05, 0) is 51.0 Å². The molecular weight excluding hydrogens is 250 g/mol. The van der Waals surface area contributed by atoms with E-state index in [1.807, 2.05) is 0 Å². The first kappa shape index (κ1) is 15.8. The van der Waals surface area contributed by atoms with Crippen molar-refractivity contribution >= 4 is 5.91 Å². The molecule has 3 N–H and O–H groups in total. The van der Waals surface area contributed by atoms with Crippen LogP contribution in [0.5, 0.6) is 0 Å². The summed E-state index contributed by atoms with van der Waals surface area (Å²) in [7, 11) is 0. The Morgan fingerprint density at radius 2 is 1.95 bits per heavy atom. The molecule has 0 aromatic carbocycles. The lowest BCUT2D eigenvalue weighted by molar-refractivity contribution is -0.128. The van der Waals surface area contributed by atoms with E-state index in [-0.39, 0.29) is 11.8 Å². The van der Waals surface area contributed by atoms with Crippen molar-refractivity contribution < 1.29 is 4.79 Å². The van der Waals surface area contributed by atoms with Crippen LogP contribution in [-0.4, -0.2) is 42.5 Å². The highest BCUT2D eigenvalue weighted by atomic mass is 16.2. The zero-order valence-corrected chi connectivity index (χ0v) is 13.1. The Kier molecular flexibility index (Phi) is 5.85.